The zero-order valence-electron chi connectivity index (χ0n) is 24.2. The molecule has 0 aromatic heterocycles. The van der Waals surface area contributed by atoms with Crippen molar-refractivity contribution in [1.29, 1.82) is 0 Å². The lowest BCUT2D eigenvalue weighted by molar-refractivity contribution is -0.149. The van der Waals surface area contributed by atoms with Crippen LogP contribution in [0.5, 0.6) is 17.2 Å². The van der Waals surface area contributed by atoms with E-state index in [1.165, 1.54) is 0 Å². The molecule has 10 heteroatoms. The van der Waals surface area contributed by atoms with Crippen LogP contribution in [-0.2, 0) is 19.6 Å². The minimum atomic E-state index is -3.41. The van der Waals surface area contributed by atoms with Crippen molar-refractivity contribution in [2.24, 2.45) is 11.8 Å². The lowest BCUT2D eigenvalue weighted by Gasteiger charge is -2.30. The van der Waals surface area contributed by atoms with E-state index in [0.717, 1.165) is 23.3 Å². The van der Waals surface area contributed by atoms with Crippen LogP contribution in [0.4, 0.5) is 0 Å². The summed E-state index contributed by atoms with van der Waals surface area (Å²) in [5.74, 6) is 1.26. The molecule has 2 aliphatic heterocycles. The second-order valence-electron chi connectivity index (χ2n) is 10.8. The van der Waals surface area contributed by atoms with Gasteiger partial charge in [-0.3, -0.25) is 9.69 Å². The van der Waals surface area contributed by atoms with E-state index in [0.29, 0.717) is 37.7 Å². The Hall–Kier alpha value is -2.82. The fourth-order valence-electron chi connectivity index (χ4n) is 5.77. The number of benzene rings is 2. The number of hydrogen-bond acceptors (Lipinski definition) is 8. The standard InChI is InChI=1S/C30H42N2O7S/c1-6-14-32(40(34,35)19-21(3)4)16-15-31-18-25(23-10-13-26-27(17-23)39-20-38-26)28(30(33)37-7-2)29(31)22-8-11-24(36-5)12-9-22/h8-13,17,21,25,28-29H,6-7,14-16,18-20H2,1-5H3/t25-,28-,29+/m1/s1. The Morgan fingerprint density at radius 2 is 1.75 bits per heavy atom. The first-order valence-corrected chi connectivity index (χ1v) is 15.7. The average molecular weight is 575 g/mol. The molecule has 0 radical (unpaired) electrons. The molecule has 0 unspecified atom stereocenters. The van der Waals surface area contributed by atoms with E-state index in [9.17, 15) is 13.2 Å². The van der Waals surface area contributed by atoms with Gasteiger partial charge in [-0.1, -0.05) is 39.0 Å². The van der Waals surface area contributed by atoms with E-state index in [1.807, 2.05) is 70.2 Å². The quantitative estimate of drug-likeness (QED) is 0.324. The fraction of sp³-hybridized carbons (Fsp3) is 0.567. The number of carbonyl (C=O) groups excluding carboxylic acids is 1. The molecule has 0 N–H and O–H groups in total. The van der Waals surface area contributed by atoms with Crippen molar-refractivity contribution in [3.05, 3.63) is 53.6 Å². The Morgan fingerprint density at radius 1 is 1.05 bits per heavy atom. The molecule has 40 heavy (non-hydrogen) atoms. The van der Waals surface area contributed by atoms with Crippen molar-refractivity contribution in [3.63, 3.8) is 0 Å². The third-order valence-electron chi connectivity index (χ3n) is 7.49. The number of ether oxygens (including phenoxy) is 4. The summed E-state index contributed by atoms with van der Waals surface area (Å²) in [7, 11) is -1.79. The maximum Gasteiger partial charge on any atom is 0.311 e. The molecule has 0 bridgehead atoms. The fourth-order valence-corrected chi connectivity index (χ4v) is 7.64. The molecule has 2 heterocycles. The zero-order chi connectivity index (χ0) is 28.9. The number of nitrogens with zero attached hydrogens (tertiary/aromatic N) is 2. The SMILES string of the molecule is CCCN(CCN1C[C@H](c2ccc3c(c2)OCO3)[C@@H](C(=O)OCC)[C@@H]1c1ccc(OC)cc1)S(=O)(=O)CC(C)C. The molecule has 0 saturated carbocycles. The van der Waals surface area contributed by atoms with Gasteiger partial charge in [0.2, 0.25) is 16.8 Å². The number of esters is 1. The predicted molar refractivity (Wildman–Crippen MR) is 153 cm³/mol. The van der Waals surface area contributed by atoms with Crippen molar-refractivity contribution in [2.75, 3.05) is 52.4 Å². The van der Waals surface area contributed by atoms with Crippen molar-refractivity contribution in [3.8, 4) is 17.2 Å². The van der Waals surface area contributed by atoms with Crippen LogP contribution in [0.2, 0.25) is 0 Å². The molecular formula is C30H42N2O7S. The Balaban J connectivity index is 1.71. The highest BCUT2D eigenvalue weighted by atomic mass is 32.2. The van der Waals surface area contributed by atoms with Crippen LogP contribution in [0, 0.1) is 11.8 Å². The molecule has 1 fully saturated rings. The highest BCUT2D eigenvalue weighted by Gasteiger charge is 2.48. The second kappa shape index (κ2) is 13.2. The summed E-state index contributed by atoms with van der Waals surface area (Å²) >= 11 is 0. The second-order valence-corrected chi connectivity index (χ2v) is 12.8. The summed E-state index contributed by atoms with van der Waals surface area (Å²) in [4.78, 5) is 15.8. The van der Waals surface area contributed by atoms with Gasteiger partial charge in [0.25, 0.3) is 0 Å². The van der Waals surface area contributed by atoms with Gasteiger partial charge in [0, 0.05) is 38.1 Å². The molecule has 2 aromatic rings. The van der Waals surface area contributed by atoms with Gasteiger partial charge in [-0.15, -0.1) is 0 Å². The highest BCUT2D eigenvalue weighted by Crippen LogP contribution is 2.48. The van der Waals surface area contributed by atoms with Gasteiger partial charge in [-0.2, -0.15) is 0 Å². The Kier molecular flexibility index (Phi) is 9.97. The highest BCUT2D eigenvalue weighted by molar-refractivity contribution is 7.89. The molecule has 2 aliphatic rings. The van der Waals surface area contributed by atoms with Gasteiger partial charge in [0.05, 0.1) is 25.4 Å². The van der Waals surface area contributed by atoms with Crippen LogP contribution in [0.1, 0.15) is 57.2 Å². The van der Waals surface area contributed by atoms with Crippen LogP contribution >= 0.6 is 0 Å². The average Bonchev–Trinajstić information content (AvgIpc) is 3.54. The summed E-state index contributed by atoms with van der Waals surface area (Å²) in [5.41, 5.74) is 1.91. The van der Waals surface area contributed by atoms with E-state index >= 15 is 0 Å². The van der Waals surface area contributed by atoms with Crippen molar-refractivity contribution in [2.45, 2.75) is 46.1 Å². The number of fused-ring (bicyclic) bond motifs is 1. The van der Waals surface area contributed by atoms with Gasteiger partial charge in [0.15, 0.2) is 11.5 Å². The summed E-state index contributed by atoms with van der Waals surface area (Å²) in [5, 5.41) is 0. The zero-order valence-corrected chi connectivity index (χ0v) is 25.0. The van der Waals surface area contributed by atoms with Crippen LogP contribution in [0.25, 0.3) is 0 Å². The number of likely N-dealkylation sites (tertiary alicyclic amines) is 1. The lowest BCUT2D eigenvalue weighted by atomic mass is 9.82. The van der Waals surface area contributed by atoms with Crippen LogP contribution in [-0.4, -0.2) is 76.0 Å². The topological polar surface area (TPSA) is 94.6 Å². The molecular weight excluding hydrogens is 532 g/mol. The number of hydrogen-bond donors (Lipinski definition) is 0. The summed E-state index contributed by atoms with van der Waals surface area (Å²) < 4.78 is 50.2. The molecule has 2 aromatic carbocycles. The van der Waals surface area contributed by atoms with E-state index in [-0.39, 0.29) is 43.0 Å². The van der Waals surface area contributed by atoms with Gasteiger partial charge >= 0.3 is 5.97 Å². The molecule has 0 spiro atoms. The summed E-state index contributed by atoms with van der Waals surface area (Å²) in [6.07, 6.45) is 0.727. The van der Waals surface area contributed by atoms with Crippen molar-refractivity contribution < 1.29 is 32.2 Å². The van der Waals surface area contributed by atoms with Crippen molar-refractivity contribution >= 4 is 16.0 Å². The van der Waals surface area contributed by atoms with E-state index in [1.54, 1.807) is 11.4 Å². The Bertz CT molecular complexity index is 1250. The number of carbonyl (C=O) groups is 1. The minimum Gasteiger partial charge on any atom is -0.497 e. The molecule has 0 aliphatic carbocycles. The van der Waals surface area contributed by atoms with E-state index < -0.39 is 15.9 Å². The smallest absolute Gasteiger partial charge is 0.311 e. The van der Waals surface area contributed by atoms with Gasteiger partial charge < -0.3 is 18.9 Å². The van der Waals surface area contributed by atoms with Crippen molar-refractivity contribution in [1.82, 2.24) is 9.21 Å². The number of sulfonamides is 1. The summed E-state index contributed by atoms with van der Waals surface area (Å²) in [6, 6.07) is 13.2. The predicted octanol–water partition coefficient (Wildman–Crippen LogP) is 4.44. The molecule has 220 valence electrons. The van der Waals surface area contributed by atoms with E-state index in [4.69, 9.17) is 18.9 Å². The molecule has 3 atom stereocenters. The monoisotopic (exact) mass is 574 g/mol. The van der Waals surface area contributed by atoms with Gasteiger partial charge in [-0.25, -0.2) is 12.7 Å². The van der Waals surface area contributed by atoms with Gasteiger partial charge in [0.1, 0.15) is 5.75 Å². The summed E-state index contributed by atoms with van der Waals surface area (Å²) in [6.45, 7) is 9.92. The minimum absolute atomic E-state index is 0.0340. The number of rotatable bonds is 13. The molecule has 9 nitrogen and oxygen atoms in total. The largest absolute Gasteiger partial charge is 0.497 e. The normalized spacial score (nSPS) is 20.8. The first kappa shape index (κ1) is 30.1. The number of methoxy groups -OCH3 is 1. The maximum atomic E-state index is 13.6. The first-order valence-electron chi connectivity index (χ1n) is 14.1. The van der Waals surface area contributed by atoms with Crippen LogP contribution in [0.3, 0.4) is 0 Å². The third kappa shape index (κ3) is 6.72. The maximum absolute atomic E-state index is 13.6. The molecule has 0 amide bonds. The van der Waals surface area contributed by atoms with E-state index in [2.05, 4.69) is 4.90 Å². The van der Waals surface area contributed by atoms with Crippen LogP contribution < -0.4 is 14.2 Å². The molecule has 4 rings (SSSR count). The Labute approximate surface area is 238 Å². The van der Waals surface area contributed by atoms with Gasteiger partial charge in [-0.05, 0) is 54.7 Å². The van der Waals surface area contributed by atoms with Crippen LogP contribution in [0.15, 0.2) is 42.5 Å². The Morgan fingerprint density at radius 3 is 2.40 bits per heavy atom. The first-order chi connectivity index (χ1) is 19.2. The third-order valence-corrected chi connectivity index (χ3v) is 9.73. The lowest BCUT2D eigenvalue weighted by Crippen LogP contribution is -2.41. The molecule has 1 saturated heterocycles.